The number of aliphatic hydroxyl groups is 1. The molecule has 262 valence electrons. The number of nitrogens with one attached hydrogen (secondary N) is 1. The molecular weight excluding hydrogens is 631 g/mol. The molecule has 3 heterocycles. The molecule has 1 aliphatic carbocycles. The van der Waals surface area contributed by atoms with E-state index in [1.54, 1.807) is 30.2 Å². The SMILES string of the molecule is CCc1c(N2CCN(C(=O)OC(C)(C)C)CC2)c(=O)n2nc(C3=CCCCCC3)nc2n1CC(O)Nc1ccc(C(F)(F)F)cc1OC. The summed E-state index contributed by atoms with van der Waals surface area (Å²) >= 11 is 0. The number of rotatable bonds is 8. The van der Waals surface area contributed by atoms with Crippen molar-refractivity contribution < 1.29 is 32.5 Å². The molecule has 1 fully saturated rings. The van der Waals surface area contributed by atoms with Crippen LogP contribution >= 0.6 is 0 Å². The Hall–Kier alpha value is -4.27. The highest BCUT2D eigenvalue weighted by Crippen LogP contribution is 2.35. The van der Waals surface area contributed by atoms with Gasteiger partial charge in [0.15, 0.2) is 5.82 Å². The predicted octanol–water partition coefficient (Wildman–Crippen LogP) is 5.32. The van der Waals surface area contributed by atoms with Gasteiger partial charge < -0.3 is 34.3 Å². The van der Waals surface area contributed by atoms with Crippen LogP contribution in [0.3, 0.4) is 0 Å². The molecule has 3 aromatic rings. The molecule has 2 N–H and O–H groups in total. The van der Waals surface area contributed by atoms with E-state index in [9.17, 15) is 27.9 Å². The molecule has 15 heteroatoms. The van der Waals surface area contributed by atoms with Crippen LogP contribution in [0.2, 0.25) is 0 Å². The van der Waals surface area contributed by atoms with Gasteiger partial charge in [-0.15, -0.1) is 5.10 Å². The normalized spacial score (nSPS) is 16.8. The number of methoxy groups -OCH3 is 1. The van der Waals surface area contributed by atoms with Crippen LogP contribution in [0.25, 0.3) is 11.4 Å². The number of ether oxygens (including phenoxy) is 2. The molecule has 1 unspecified atom stereocenters. The van der Waals surface area contributed by atoms with Crippen LogP contribution in [0.4, 0.5) is 29.3 Å². The first-order chi connectivity index (χ1) is 22.7. The second kappa shape index (κ2) is 14.1. The number of piperazine rings is 1. The zero-order chi connectivity index (χ0) is 34.8. The Morgan fingerprint density at radius 1 is 1.10 bits per heavy atom. The largest absolute Gasteiger partial charge is 0.495 e. The number of hydrogen-bond donors (Lipinski definition) is 2. The second-order valence-electron chi connectivity index (χ2n) is 13.1. The molecule has 2 aliphatic rings. The fraction of sp³-hybridized carbons (Fsp3) is 0.576. The fourth-order valence-electron chi connectivity index (χ4n) is 6.13. The lowest BCUT2D eigenvalue weighted by Gasteiger charge is -2.37. The minimum atomic E-state index is -4.56. The van der Waals surface area contributed by atoms with Crippen molar-refractivity contribution in [3.63, 3.8) is 0 Å². The van der Waals surface area contributed by atoms with Crippen molar-refractivity contribution in [2.75, 3.05) is 43.5 Å². The monoisotopic (exact) mass is 675 g/mol. The highest BCUT2D eigenvalue weighted by molar-refractivity contribution is 5.69. The summed E-state index contributed by atoms with van der Waals surface area (Å²) in [5.41, 5.74) is 0.239. The van der Waals surface area contributed by atoms with Gasteiger partial charge in [-0.05, 0) is 76.6 Å². The highest BCUT2D eigenvalue weighted by atomic mass is 19.4. The number of hydrogen-bond acceptors (Lipinski definition) is 9. The van der Waals surface area contributed by atoms with Crippen molar-refractivity contribution in [3.05, 3.63) is 51.7 Å². The molecule has 1 aliphatic heterocycles. The lowest BCUT2D eigenvalue weighted by Crippen LogP contribution is -2.51. The van der Waals surface area contributed by atoms with Gasteiger partial charge in [0.25, 0.3) is 5.56 Å². The highest BCUT2D eigenvalue weighted by Gasteiger charge is 2.33. The second-order valence-corrected chi connectivity index (χ2v) is 13.1. The van der Waals surface area contributed by atoms with Crippen LogP contribution in [-0.2, 0) is 23.9 Å². The minimum absolute atomic E-state index is 0.0849. The number of carbonyl (C=O) groups is 1. The van der Waals surface area contributed by atoms with Gasteiger partial charge in [0.05, 0.1) is 24.9 Å². The van der Waals surface area contributed by atoms with Gasteiger partial charge >= 0.3 is 12.3 Å². The number of nitrogens with zero attached hydrogens (tertiary/aromatic N) is 6. The Balaban J connectivity index is 1.52. The summed E-state index contributed by atoms with van der Waals surface area (Å²) < 4.78 is 53.7. The molecule has 0 spiro atoms. The van der Waals surface area contributed by atoms with E-state index in [1.165, 1.54) is 17.7 Å². The summed E-state index contributed by atoms with van der Waals surface area (Å²) in [4.78, 5) is 35.3. The summed E-state index contributed by atoms with van der Waals surface area (Å²) in [5.74, 6) is 0.607. The van der Waals surface area contributed by atoms with Crippen molar-refractivity contribution >= 4 is 28.8 Å². The number of alkyl halides is 3. The van der Waals surface area contributed by atoms with E-state index in [2.05, 4.69) is 16.5 Å². The number of carbonyl (C=O) groups excluding carboxylic acids is 1. The number of benzene rings is 1. The zero-order valence-corrected chi connectivity index (χ0v) is 28.1. The van der Waals surface area contributed by atoms with Gasteiger partial charge in [-0.1, -0.05) is 19.4 Å². The van der Waals surface area contributed by atoms with E-state index in [4.69, 9.17) is 14.5 Å². The minimum Gasteiger partial charge on any atom is -0.495 e. The predicted molar refractivity (Wildman–Crippen MR) is 175 cm³/mol. The van der Waals surface area contributed by atoms with Gasteiger partial charge in [-0.3, -0.25) is 4.79 Å². The summed E-state index contributed by atoms with van der Waals surface area (Å²) in [6.07, 6.45) is 1.02. The van der Waals surface area contributed by atoms with Crippen LogP contribution in [0.1, 0.15) is 76.9 Å². The van der Waals surface area contributed by atoms with Gasteiger partial charge in [-0.2, -0.15) is 22.7 Å². The van der Waals surface area contributed by atoms with Crippen molar-refractivity contribution in [2.45, 2.75) is 90.8 Å². The molecule has 0 radical (unpaired) electrons. The standard InChI is InChI=1S/C33H44F3N7O5/c1-6-24-27(40-15-17-41(18-16-40)31(46)48-32(2,3)4)29(45)43-30(38-28(39-43)21-11-9-7-8-10-12-21)42(24)20-26(44)37-23-14-13-22(33(34,35)36)19-25(23)47-5/h11,13-14,19,26,37,44H,6-10,12,15-18,20H2,1-5H3. The smallest absolute Gasteiger partial charge is 0.416 e. The van der Waals surface area contributed by atoms with Gasteiger partial charge in [-0.25, -0.2) is 4.79 Å². The first-order valence-electron chi connectivity index (χ1n) is 16.3. The quantitative estimate of drug-likeness (QED) is 0.306. The van der Waals surface area contributed by atoms with Crippen LogP contribution < -0.4 is 20.5 Å². The Bertz CT molecular complexity index is 1720. The molecule has 0 saturated carbocycles. The molecule has 1 amide bonds. The third-order valence-corrected chi connectivity index (χ3v) is 8.44. The maximum atomic E-state index is 14.2. The van der Waals surface area contributed by atoms with E-state index < -0.39 is 29.7 Å². The van der Waals surface area contributed by atoms with E-state index in [1.807, 2.05) is 11.8 Å². The van der Waals surface area contributed by atoms with Crippen molar-refractivity contribution in [3.8, 4) is 5.75 Å². The number of allylic oxidation sites excluding steroid dienone is 2. The van der Waals surface area contributed by atoms with Crippen LogP contribution in [0, 0.1) is 0 Å². The molecule has 0 bridgehead atoms. The van der Waals surface area contributed by atoms with Gasteiger partial charge in [0.2, 0.25) is 5.78 Å². The van der Waals surface area contributed by atoms with Crippen molar-refractivity contribution in [1.29, 1.82) is 0 Å². The number of anilines is 2. The first-order valence-corrected chi connectivity index (χ1v) is 16.3. The van der Waals surface area contributed by atoms with Crippen LogP contribution in [-0.4, -0.2) is 80.4 Å². The Labute approximate surface area is 277 Å². The Kier molecular flexibility index (Phi) is 10.3. The van der Waals surface area contributed by atoms with Crippen molar-refractivity contribution in [2.24, 2.45) is 0 Å². The summed E-state index contributed by atoms with van der Waals surface area (Å²) in [6, 6.07) is 2.98. The molecule has 1 saturated heterocycles. The summed E-state index contributed by atoms with van der Waals surface area (Å²) in [5, 5.41) is 18.8. The van der Waals surface area contributed by atoms with E-state index in [0.29, 0.717) is 49.8 Å². The topological polar surface area (TPSA) is 126 Å². The zero-order valence-electron chi connectivity index (χ0n) is 28.1. The number of fused-ring (bicyclic) bond motifs is 1. The maximum absolute atomic E-state index is 14.2. The number of aliphatic hydroxyl groups excluding tert-OH is 1. The Morgan fingerprint density at radius 2 is 1.83 bits per heavy atom. The number of halogens is 3. The van der Waals surface area contributed by atoms with E-state index in [0.717, 1.165) is 49.8 Å². The van der Waals surface area contributed by atoms with E-state index in [-0.39, 0.29) is 29.3 Å². The number of amides is 1. The first kappa shape index (κ1) is 35.0. The average molecular weight is 676 g/mol. The third kappa shape index (κ3) is 7.71. The fourth-order valence-corrected chi connectivity index (χ4v) is 6.13. The lowest BCUT2D eigenvalue weighted by atomic mass is 10.1. The van der Waals surface area contributed by atoms with Gasteiger partial charge in [0, 0.05) is 31.9 Å². The molecule has 1 atom stereocenters. The van der Waals surface area contributed by atoms with Crippen LogP contribution in [0.5, 0.6) is 5.75 Å². The van der Waals surface area contributed by atoms with Gasteiger partial charge in [0.1, 0.15) is 23.3 Å². The molecular formula is C33H44F3N7O5. The van der Waals surface area contributed by atoms with Crippen molar-refractivity contribution in [1.82, 2.24) is 24.1 Å². The molecule has 5 rings (SSSR count). The summed E-state index contributed by atoms with van der Waals surface area (Å²) in [6.45, 7) is 8.60. The lowest BCUT2D eigenvalue weighted by molar-refractivity contribution is -0.137. The molecule has 12 nitrogen and oxygen atoms in total. The van der Waals surface area contributed by atoms with E-state index >= 15 is 0 Å². The maximum Gasteiger partial charge on any atom is 0.416 e. The average Bonchev–Trinajstić information content (AvgIpc) is 3.29. The molecule has 1 aromatic carbocycles. The molecule has 2 aromatic heterocycles. The molecule has 48 heavy (non-hydrogen) atoms. The summed E-state index contributed by atoms with van der Waals surface area (Å²) in [7, 11) is 1.25. The van der Waals surface area contributed by atoms with Crippen LogP contribution in [0.15, 0.2) is 29.1 Å². The third-order valence-electron chi connectivity index (χ3n) is 8.44. The Morgan fingerprint density at radius 3 is 2.48 bits per heavy atom. The number of aromatic nitrogens is 4.